The van der Waals surface area contributed by atoms with Gasteiger partial charge in [0.1, 0.15) is 12.1 Å². The molecule has 0 atom stereocenters. The first-order chi connectivity index (χ1) is 11.3. The molecule has 1 N–H and O–H groups in total. The van der Waals surface area contributed by atoms with Crippen molar-refractivity contribution in [2.75, 3.05) is 31.2 Å². The third kappa shape index (κ3) is 2.57. The van der Waals surface area contributed by atoms with E-state index in [9.17, 15) is 4.79 Å². The van der Waals surface area contributed by atoms with Crippen LogP contribution in [0.4, 0.5) is 5.82 Å². The Morgan fingerprint density at radius 2 is 2.09 bits per heavy atom. The normalized spacial score (nSPS) is 15.0. The fraction of sp³-hybridized carbons (Fsp3) is 0.235. The van der Waals surface area contributed by atoms with Gasteiger partial charge in [-0.1, -0.05) is 12.1 Å². The number of fused-ring (bicyclic) bond motifs is 1. The van der Waals surface area contributed by atoms with E-state index in [-0.39, 0.29) is 0 Å². The van der Waals surface area contributed by atoms with Gasteiger partial charge < -0.3 is 9.64 Å². The van der Waals surface area contributed by atoms with Crippen LogP contribution >= 0.6 is 0 Å². The van der Waals surface area contributed by atoms with Crippen molar-refractivity contribution in [3.8, 4) is 11.3 Å². The number of carbonyl (C=O) groups excluding carboxylic acids is 1. The van der Waals surface area contributed by atoms with Crippen LogP contribution in [0.3, 0.4) is 0 Å². The number of ether oxygens (including phenoxy) is 1. The Morgan fingerprint density at radius 3 is 2.91 bits per heavy atom. The zero-order valence-electron chi connectivity index (χ0n) is 12.5. The van der Waals surface area contributed by atoms with E-state index in [1.807, 2.05) is 30.3 Å². The number of morpholine rings is 1. The number of aromatic nitrogens is 3. The number of anilines is 1. The molecule has 6 nitrogen and oxygen atoms in total. The number of H-pyrrole nitrogens is 1. The van der Waals surface area contributed by atoms with Crippen LogP contribution < -0.4 is 4.90 Å². The summed E-state index contributed by atoms with van der Waals surface area (Å²) in [6.07, 6.45) is 2.65. The summed E-state index contributed by atoms with van der Waals surface area (Å²) in [5.41, 5.74) is 3.32. The third-order valence-electron chi connectivity index (χ3n) is 4.07. The third-order valence-corrected chi connectivity index (χ3v) is 4.07. The molecule has 3 aromatic rings. The molecule has 1 fully saturated rings. The molecular weight excluding hydrogens is 292 g/mol. The van der Waals surface area contributed by atoms with E-state index in [2.05, 4.69) is 15.1 Å². The Bertz CT molecular complexity index is 853. The largest absolute Gasteiger partial charge is 0.378 e. The van der Waals surface area contributed by atoms with E-state index >= 15 is 0 Å². The van der Waals surface area contributed by atoms with E-state index in [1.165, 1.54) is 0 Å². The Hall–Kier alpha value is -2.73. The number of hydrogen-bond donors (Lipinski definition) is 1. The molecule has 0 saturated carbocycles. The van der Waals surface area contributed by atoms with Crippen molar-refractivity contribution in [2.45, 2.75) is 0 Å². The van der Waals surface area contributed by atoms with Gasteiger partial charge in [0.25, 0.3) is 0 Å². The Morgan fingerprint density at radius 1 is 1.22 bits per heavy atom. The van der Waals surface area contributed by atoms with Gasteiger partial charge in [-0.2, -0.15) is 5.10 Å². The number of nitrogens with zero attached hydrogens (tertiary/aromatic N) is 3. The number of aromatic amines is 1. The van der Waals surface area contributed by atoms with Crippen LogP contribution in [-0.4, -0.2) is 47.8 Å². The first-order valence-electron chi connectivity index (χ1n) is 7.57. The molecule has 1 aliphatic rings. The SMILES string of the molecule is O=Cc1cc(-c2cccc3[nH]ncc23)nc(N2CCOCC2)c1. The van der Waals surface area contributed by atoms with Crippen molar-refractivity contribution in [1.29, 1.82) is 0 Å². The number of pyridine rings is 1. The highest BCUT2D eigenvalue weighted by Crippen LogP contribution is 2.28. The summed E-state index contributed by atoms with van der Waals surface area (Å²) in [6, 6.07) is 9.58. The molecule has 0 aliphatic carbocycles. The zero-order chi connectivity index (χ0) is 15.6. The fourth-order valence-corrected chi connectivity index (χ4v) is 2.89. The number of benzene rings is 1. The highest BCUT2D eigenvalue weighted by molar-refractivity contribution is 5.94. The van der Waals surface area contributed by atoms with Gasteiger partial charge in [0.15, 0.2) is 0 Å². The molecule has 6 heteroatoms. The standard InChI is InChI=1S/C17H16N4O2/c22-11-12-8-16(13-2-1-3-15-14(13)10-18-20-15)19-17(9-12)21-4-6-23-7-5-21/h1-3,8-11H,4-7H2,(H,18,20). The summed E-state index contributed by atoms with van der Waals surface area (Å²) in [5.74, 6) is 0.813. The maximum atomic E-state index is 11.3. The zero-order valence-corrected chi connectivity index (χ0v) is 12.5. The summed E-state index contributed by atoms with van der Waals surface area (Å²) >= 11 is 0. The first kappa shape index (κ1) is 13.9. The fourth-order valence-electron chi connectivity index (χ4n) is 2.89. The molecule has 3 heterocycles. The average Bonchev–Trinajstić information content (AvgIpc) is 3.10. The summed E-state index contributed by atoms with van der Waals surface area (Å²) in [6.45, 7) is 2.93. The summed E-state index contributed by atoms with van der Waals surface area (Å²) in [4.78, 5) is 18.3. The molecule has 1 aliphatic heterocycles. The Kier molecular flexibility index (Phi) is 3.51. The van der Waals surface area contributed by atoms with Crippen LogP contribution in [0, 0.1) is 0 Å². The summed E-state index contributed by atoms with van der Waals surface area (Å²) in [7, 11) is 0. The Labute approximate surface area is 133 Å². The van der Waals surface area contributed by atoms with Crippen LogP contribution in [0.5, 0.6) is 0 Å². The molecule has 0 spiro atoms. The lowest BCUT2D eigenvalue weighted by atomic mass is 10.1. The summed E-state index contributed by atoms with van der Waals surface area (Å²) in [5, 5.41) is 8.05. The van der Waals surface area contributed by atoms with Gasteiger partial charge in [0.05, 0.1) is 30.6 Å². The van der Waals surface area contributed by atoms with Crippen molar-refractivity contribution >= 4 is 23.0 Å². The highest BCUT2D eigenvalue weighted by atomic mass is 16.5. The molecule has 116 valence electrons. The van der Waals surface area contributed by atoms with Crippen molar-refractivity contribution in [3.63, 3.8) is 0 Å². The van der Waals surface area contributed by atoms with E-state index in [0.717, 1.165) is 47.4 Å². The van der Waals surface area contributed by atoms with Crippen molar-refractivity contribution in [3.05, 3.63) is 42.1 Å². The summed E-state index contributed by atoms with van der Waals surface area (Å²) < 4.78 is 5.39. The Balaban J connectivity index is 1.84. The van der Waals surface area contributed by atoms with Gasteiger partial charge >= 0.3 is 0 Å². The lowest BCUT2D eigenvalue weighted by Crippen LogP contribution is -2.36. The average molecular weight is 308 g/mol. The number of hydrogen-bond acceptors (Lipinski definition) is 5. The molecule has 1 saturated heterocycles. The lowest BCUT2D eigenvalue weighted by Gasteiger charge is -2.28. The van der Waals surface area contributed by atoms with Gasteiger partial charge in [-0.3, -0.25) is 9.89 Å². The van der Waals surface area contributed by atoms with Gasteiger partial charge in [-0.15, -0.1) is 0 Å². The number of carbonyl (C=O) groups is 1. The maximum Gasteiger partial charge on any atom is 0.150 e. The lowest BCUT2D eigenvalue weighted by molar-refractivity contribution is 0.112. The maximum absolute atomic E-state index is 11.3. The molecule has 0 radical (unpaired) electrons. The minimum Gasteiger partial charge on any atom is -0.378 e. The predicted molar refractivity (Wildman–Crippen MR) is 87.7 cm³/mol. The monoisotopic (exact) mass is 308 g/mol. The smallest absolute Gasteiger partial charge is 0.150 e. The van der Waals surface area contributed by atoms with Gasteiger partial charge in [-0.25, -0.2) is 4.98 Å². The number of nitrogens with one attached hydrogen (secondary N) is 1. The number of aldehydes is 1. The molecule has 2 aromatic heterocycles. The van der Waals surface area contributed by atoms with Crippen LogP contribution in [-0.2, 0) is 4.74 Å². The molecule has 1 aromatic carbocycles. The molecular formula is C17H16N4O2. The van der Waals surface area contributed by atoms with Crippen LogP contribution in [0.1, 0.15) is 10.4 Å². The minimum atomic E-state index is 0.622. The van der Waals surface area contributed by atoms with E-state index < -0.39 is 0 Å². The van der Waals surface area contributed by atoms with Crippen molar-refractivity contribution in [1.82, 2.24) is 15.2 Å². The second kappa shape index (κ2) is 5.81. The molecule has 0 unspecified atom stereocenters. The number of rotatable bonds is 3. The molecule has 4 rings (SSSR count). The van der Waals surface area contributed by atoms with E-state index in [4.69, 9.17) is 9.72 Å². The van der Waals surface area contributed by atoms with Crippen LogP contribution in [0.2, 0.25) is 0 Å². The minimum absolute atomic E-state index is 0.622. The second-order valence-electron chi connectivity index (χ2n) is 5.50. The van der Waals surface area contributed by atoms with Gasteiger partial charge in [-0.05, 0) is 18.2 Å². The topological polar surface area (TPSA) is 71.1 Å². The second-order valence-corrected chi connectivity index (χ2v) is 5.50. The van der Waals surface area contributed by atoms with Gasteiger partial charge in [0.2, 0.25) is 0 Å². The molecule has 0 bridgehead atoms. The van der Waals surface area contributed by atoms with Crippen LogP contribution in [0.15, 0.2) is 36.5 Å². The van der Waals surface area contributed by atoms with Crippen molar-refractivity contribution in [2.24, 2.45) is 0 Å². The van der Waals surface area contributed by atoms with E-state index in [0.29, 0.717) is 18.8 Å². The predicted octanol–water partition coefficient (Wildman–Crippen LogP) is 2.27. The van der Waals surface area contributed by atoms with Gasteiger partial charge in [0, 0.05) is 29.6 Å². The highest BCUT2D eigenvalue weighted by Gasteiger charge is 2.15. The quantitative estimate of drug-likeness (QED) is 0.752. The first-order valence-corrected chi connectivity index (χ1v) is 7.57. The van der Waals surface area contributed by atoms with Crippen molar-refractivity contribution < 1.29 is 9.53 Å². The molecule has 23 heavy (non-hydrogen) atoms. The van der Waals surface area contributed by atoms with E-state index in [1.54, 1.807) is 6.20 Å². The molecule has 0 amide bonds. The van der Waals surface area contributed by atoms with Crippen LogP contribution in [0.25, 0.3) is 22.2 Å².